The molecule has 0 saturated carbocycles. The van der Waals surface area contributed by atoms with Crippen molar-refractivity contribution in [2.45, 2.75) is 46.0 Å². The van der Waals surface area contributed by atoms with Crippen LogP contribution in [0.2, 0.25) is 0 Å². The largest absolute Gasteiger partial charge is 0.673 e. The van der Waals surface area contributed by atoms with Crippen LogP contribution in [0.1, 0.15) is 27.7 Å². The van der Waals surface area contributed by atoms with Crippen LogP contribution in [0, 0.1) is 0 Å². The van der Waals surface area contributed by atoms with Crippen LogP contribution in [-0.2, 0) is 14.2 Å². The fourth-order valence-electron chi connectivity index (χ4n) is 2.50. The molecule has 0 spiro atoms. The maximum absolute atomic E-state index is 9.75. The molecule has 2 aliphatic rings. The Morgan fingerprint density at radius 1 is 1.15 bits per heavy atom. The molecule has 0 N–H and O–H groups in total. The summed E-state index contributed by atoms with van der Waals surface area (Å²) >= 11 is 0. The van der Waals surface area contributed by atoms with E-state index in [1.54, 1.807) is 6.08 Å². The topological polar surface area (TPSA) is 67.3 Å². The monoisotopic (exact) mass is 394 g/mol. The van der Waals surface area contributed by atoms with Crippen molar-refractivity contribution in [3.8, 4) is 0 Å². The molecule has 0 bridgehead atoms. The van der Waals surface area contributed by atoms with Crippen LogP contribution < -0.4 is 0 Å². The first-order valence-electron chi connectivity index (χ1n) is 8.69. The van der Waals surface area contributed by atoms with Gasteiger partial charge in [-0.1, -0.05) is 0 Å². The third-order valence-electron chi connectivity index (χ3n) is 3.38. The highest BCUT2D eigenvalue weighted by atomic mass is 19.5. The molecule has 27 heavy (non-hydrogen) atoms. The Morgan fingerprint density at radius 2 is 1.70 bits per heavy atom. The van der Waals surface area contributed by atoms with Gasteiger partial charge in [0.2, 0.25) is 0 Å². The Bertz CT molecular complexity index is 590. The van der Waals surface area contributed by atoms with Crippen LogP contribution >= 0.6 is 0 Å². The maximum atomic E-state index is 9.75. The van der Waals surface area contributed by atoms with E-state index in [0.29, 0.717) is 24.7 Å². The molecule has 11 heteroatoms. The summed E-state index contributed by atoms with van der Waals surface area (Å²) in [5, 5.41) is 0. The molecule has 1 saturated heterocycles. The van der Waals surface area contributed by atoms with Crippen molar-refractivity contribution in [2.24, 2.45) is 0 Å². The smallest absolute Gasteiger partial charge is 0.489 e. The van der Waals surface area contributed by atoms with E-state index in [1.807, 2.05) is 33.8 Å². The average Bonchev–Trinajstić information content (AvgIpc) is 2.54. The van der Waals surface area contributed by atoms with E-state index in [2.05, 4.69) is 9.69 Å². The SMILES string of the molecule is CC(C)OC1=CC(=[N+]=[N-])C(OC(C)C)C=C1N1CCOCC1.F[B-](F)(F)F. The van der Waals surface area contributed by atoms with Crippen molar-refractivity contribution >= 4 is 13.0 Å². The maximum Gasteiger partial charge on any atom is 0.673 e. The lowest BCUT2D eigenvalue weighted by molar-refractivity contribution is -0.0313. The van der Waals surface area contributed by atoms with Crippen molar-refractivity contribution in [2.75, 3.05) is 26.3 Å². The molecule has 6 nitrogen and oxygen atoms in total. The van der Waals surface area contributed by atoms with Gasteiger partial charge in [-0.15, -0.1) is 0 Å². The molecule has 0 aromatic rings. The number of hydrogen-bond acceptors (Lipinski definition) is 4. The summed E-state index contributed by atoms with van der Waals surface area (Å²) < 4.78 is 56.2. The summed E-state index contributed by atoms with van der Waals surface area (Å²) in [6.07, 6.45) is 3.43. The molecule has 1 atom stereocenters. The number of rotatable bonds is 5. The zero-order valence-electron chi connectivity index (χ0n) is 15.9. The van der Waals surface area contributed by atoms with E-state index in [1.165, 1.54) is 0 Å². The Hall–Kier alpha value is -1.84. The molecular weight excluding hydrogens is 369 g/mol. The summed E-state index contributed by atoms with van der Waals surface area (Å²) in [4.78, 5) is 5.59. The number of nitrogens with zero attached hydrogens (tertiary/aromatic N) is 3. The number of halogens is 4. The summed E-state index contributed by atoms with van der Waals surface area (Å²) in [6.45, 7) is 10.9. The number of hydrogen-bond donors (Lipinski definition) is 0. The molecule has 1 heterocycles. The van der Waals surface area contributed by atoms with Crippen molar-refractivity contribution in [1.29, 1.82) is 0 Å². The molecule has 1 aliphatic heterocycles. The molecule has 1 fully saturated rings. The second kappa shape index (κ2) is 10.5. The van der Waals surface area contributed by atoms with E-state index in [-0.39, 0.29) is 18.3 Å². The molecular formula is C16H25BF4N3O3-. The number of morpholine rings is 1. The third-order valence-corrected chi connectivity index (χ3v) is 3.38. The van der Waals surface area contributed by atoms with Crippen LogP contribution in [0.25, 0.3) is 5.53 Å². The second-order valence-electron chi connectivity index (χ2n) is 6.45. The van der Waals surface area contributed by atoms with Crippen molar-refractivity contribution < 1.29 is 36.3 Å². The van der Waals surface area contributed by atoms with Crippen molar-refractivity contribution in [3.63, 3.8) is 0 Å². The van der Waals surface area contributed by atoms with Gasteiger partial charge in [-0.3, -0.25) is 0 Å². The fourth-order valence-corrected chi connectivity index (χ4v) is 2.50. The highest BCUT2D eigenvalue weighted by molar-refractivity contribution is 6.50. The van der Waals surface area contributed by atoms with E-state index in [9.17, 15) is 22.8 Å². The summed E-state index contributed by atoms with van der Waals surface area (Å²) in [6, 6.07) is 0. The standard InChI is InChI=1S/C16H25N3O3.BF4/c1-11(2)21-15-10-14(19-5-7-20-8-6-19)16(22-12(3)4)9-13(15)18-17;2-1(3,4)5/h9-12,15H,5-8H2,1-4H3;/q;-1. The summed E-state index contributed by atoms with van der Waals surface area (Å²) in [5.74, 6) is 0.716. The van der Waals surface area contributed by atoms with E-state index < -0.39 is 7.25 Å². The minimum Gasteiger partial charge on any atom is -0.489 e. The van der Waals surface area contributed by atoms with Crippen LogP contribution in [0.3, 0.4) is 0 Å². The molecule has 1 aliphatic carbocycles. The Labute approximate surface area is 156 Å². The van der Waals surface area contributed by atoms with Crippen LogP contribution in [0.15, 0.2) is 23.6 Å². The molecule has 1 unspecified atom stereocenters. The predicted octanol–water partition coefficient (Wildman–Crippen LogP) is 3.29. The molecule has 0 amide bonds. The van der Waals surface area contributed by atoms with Gasteiger partial charge < -0.3 is 41.9 Å². The van der Waals surface area contributed by atoms with Gasteiger partial charge in [0.05, 0.1) is 37.2 Å². The quantitative estimate of drug-likeness (QED) is 0.311. The third kappa shape index (κ3) is 9.08. The fraction of sp³-hybridized carbons (Fsp3) is 0.688. The normalized spacial score (nSPS) is 20.6. The van der Waals surface area contributed by atoms with Crippen molar-refractivity contribution in [1.82, 2.24) is 4.90 Å². The average molecular weight is 394 g/mol. The van der Waals surface area contributed by atoms with Gasteiger partial charge >= 0.3 is 13.0 Å². The first-order valence-corrected chi connectivity index (χ1v) is 8.69. The summed E-state index contributed by atoms with van der Waals surface area (Å²) in [7, 11) is -6.00. The summed E-state index contributed by atoms with van der Waals surface area (Å²) in [5.41, 5.74) is 10.7. The van der Waals surface area contributed by atoms with E-state index >= 15 is 0 Å². The molecule has 2 rings (SSSR count). The lowest BCUT2D eigenvalue weighted by Gasteiger charge is -2.34. The van der Waals surface area contributed by atoms with Crippen LogP contribution in [-0.4, -0.2) is 67.3 Å². The van der Waals surface area contributed by atoms with Crippen LogP contribution in [0.5, 0.6) is 0 Å². The molecule has 0 aromatic carbocycles. The van der Waals surface area contributed by atoms with E-state index in [4.69, 9.17) is 14.2 Å². The van der Waals surface area contributed by atoms with Crippen molar-refractivity contribution in [3.05, 3.63) is 29.1 Å². The minimum absolute atomic E-state index is 0.0323. The van der Waals surface area contributed by atoms with Gasteiger partial charge in [0, 0.05) is 13.1 Å². The first kappa shape index (κ1) is 23.2. The number of ether oxygens (including phenoxy) is 3. The highest BCUT2D eigenvalue weighted by Gasteiger charge is 2.32. The van der Waals surface area contributed by atoms with E-state index in [0.717, 1.165) is 18.8 Å². The molecule has 154 valence electrons. The molecule has 0 radical (unpaired) electrons. The van der Waals surface area contributed by atoms with Crippen LogP contribution in [0.4, 0.5) is 17.3 Å². The van der Waals surface area contributed by atoms with Gasteiger partial charge in [0.1, 0.15) is 5.76 Å². The Morgan fingerprint density at radius 3 is 2.15 bits per heavy atom. The highest BCUT2D eigenvalue weighted by Crippen LogP contribution is 2.26. The Kier molecular flexibility index (Phi) is 9.01. The Balaban J connectivity index is 0.000000646. The van der Waals surface area contributed by atoms with Gasteiger partial charge in [0.25, 0.3) is 0 Å². The van der Waals surface area contributed by atoms with Gasteiger partial charge in [-0.25, -0.2) is 0 Å². The van der Waals surface area contributed by atoms with Gasteiger partial charge in [-0.2, -0.15) is 4.79 Å². The van der Waals surface area contributed by atoms with Gasteiger partial charge in [-0.05, 0) is 33.8 Å². The lowest BCUT2D eigenvalue weighted by Crippen LogP contribution is -2.40. The predicted molar refractivity (Wildman–Crippen MR) is 93.6 cm³/mol. The first-order chi connectivity index (χ1) is 12.5. The van der Waals surface area contributed by atoms with Gasteiger partial charge in [0.15, 0.2) is 6.10 Å². The second-order valence-corrected chi connectivity index (χ2v) is 6.45. The lowest BCUT2D eigenvalue weighted by atomic mass is 10.0. The minimum atomic E-state index is -6.00. The zero-order valence-corrected chi connectivity index (χ0v) is 15.9. The molecule has 0 aromatic heterocycles. The zero-order chi connectivity index (χ0) is 20.6.